The minimum absolute atomic E-state index is 0.0293. The number of aliphatic hydroxyl groups is 2. The maximum Gasteiger partial charge on any atom is 0.259 e. The van der Waals surface area contributed by atoms with Gasteiger partial charge in [0.25, 0.3) is 5.85 Å². The molecule has 0 aromatic heterocycles. The van der Waals surface area contributed by atoms with Crippen molar-refractivity contribution in [3.05, 3.63) is 0 Å². The van der Waals surface area contributed by atoms with Crippen molar-refractivity contribution >= 4 is 0 Å². The van der Waals surface area contributed by atoms with Gasteiger partial charge in [-0.05, 0) is 0 Å². The van der Waals surface area contributed by atoms with E-state index in [4.69, 9.17) is 19.7 Å². The Bertz CT molecular complexity index is 172. The summed E-state index contributed by atoms with van der Waals surface area (Å²) in [5.74, 6) is -2.43. The molecule has 2 N–H and O–H groups in total. The van der Waals surface area contributed by atoms with Crippen LogP contribution in [0.2, 0.25) is 0 Å². The van der Waals surface area contributed by atoms with Gasteiger partial charge >= 0.3 is 0 Å². The number of ether oxygens (including phenoxy) is 2. The van der Waals surface area contributed by atoms with Crippen LogP contribution in [0.1, 0.15) is 0 Å². The van der Waals surface area contributed by atoms with Gasteiger partial charge in [0.1, 0.15) is 24.9 Å². The number of halogens is 1. The van der Waals surface area contributed by atoms with Gasteiger partial charge in [-0.25, -0.2) is 4.39 Å². The zero-order valence-corrected chi connectivity index (χ0v) is 5.74. The summed E-state index contributed by atoms with van der Waals surface area (Å²) >= 11 is 0. The summed E-state index contributed by atoms with van der Waals surface area (Å²) in [6.07, 6.45) is -2.53. The second kappa shape index (κ2) is 2.13. The number of fused-ring (bicyclic) bond motifs is 1. The Kier molecular flexibility index (Phi) is 1.44. The van der Waals surface area contributed by atoms with Gasteiger partial charge in [-0.3, -0.25) is 0 Å². The van der Waals surface area contributed by atoms with E-state index in [-0.39, 0.29) is 6.61 Å². The summed E-state index contributed by atoms with van der Waals surface area (Å²) in [4.78, 5) is 0. The average molecular weight is 164 g/mol. The predicted molar refractivity (Wildman–Crippen MR) is 31.5 cm³/mol. The first kappa shape index (κ1) is 7.42. The first-order valence-corrected chi connectivity index (χ1v) is 3.44. The smallest absolute Gasteiger partial charge is 0.259 e. The Labute approximate surface area is 62.5 Å². The quantitative estimate of drug-likeness (QED) is 0.472. The standard InChI is InChI=1S/C6H9FO4/c7-6(9)2-11-4-3(8)1-10-5(4)6/h3-5,8-9H,1-2H2/t3-,4-,5+,6+/m1/s1. The fraction of sp³-hybridized carbons (Fsp3) is 1.00. The van der Waals surface area contributed by atoms with Crippen molar-refractivity contribution in [2.24, 2.45) is 0 Å². The van der Waals surface area contributed by atoms with Crippen LogP contribution in [-0.4, -0.2) is 47.6 Å². The van der Waals surface area contributed by atoms with Crippen molar-refractivity contribution in [1.82, 2.24) is 0 Å². The van der Waals surface area contributed by atoms with E-state index in [1.807, 2.05) is 0 Å². The summed E-state index contributed by atoms with van der Waals surface area (Å²) < 4.78 is 22.5. The second-order valence-electron chi connectivity index (χ2n) is 2.92. The van der Waals surface area contributed by atoms with E-state index in [1.54, 1.807) is 0 Å². The van der Waals surface area contributed by atoms with Crippen LogP contribution in [0.15, 0.2) is 0 Å². The molecule has 0 aliphatic carbocycles. The van der Waals surface area contributed by atoms with Crippen molar-refractivity contribution in [3.63, 3.8) is 0 Å². The molecule has 4 nitrogen and oxygen atoms in total. The predicted octanol–water partition coefficient (Wildman–Crippen LogP) is -1.20. The SMILES string of the molecule is O[C@@H]1CO[C@H]2[C@@H]1OC[C@@]2(O)F. The third-order valence-corrected chi connectivity index (χ3v) is 2.04. The van der Waals surface area contributed by atoms with Crippen molar-refractivity contribution in [1.29, 1.82) is 0 Å². The van der Waals surface area contributed by atoms with E-state index in [1.165, 1.54) is 0 Å². The van der Waals surface area contributed by atoms with Crippen molar-refractivity contribution < 1.29 is 24.1 Å². The molecule has 0 aromatic rings. The average Bonchev–Trinajstić information content (AvgIpc) is 2.39. The topological polar surface area (TPSA) is 58.9 Å². The monoisotopic (exact) mass is 164 g/mol. The summed E-state index contributed by atoms with van der Waals surface area (Å²) in [5, 5.41) is 18.1. The number of aliphatic hydroxyl groups excluding tert-OH is 1. The molecule has 0 spiro atoms. The van der Waals surface area contributed by atoms with Crippen LogP contribution in [-0.2, 0) is 9.47 Å². The molecule has 2 aliphatic rings. The van der Waals surface area contributed by atoms with Crippen LogP contribution in [0.3, 0.4) is 0 Å². The van der Waals surface area contributed by atoms with Crippen molar-refractivity contribution in [3.8, 4) is 0 Å². The van der Waals surface area contributed by atoms with Crippen molar-refractivity contribution in [2.45, 2.75) is 24.2 Å². The van der Waals surface area contributed by atoms with Crippen LogP contribution in [0.4, 0.5) is 4.39 Å². The zero-order chi connectivity index (χ0) is 8.06. The largest absolute Gasteiger partial charge is 0.388 e. The molecule has 4 atom stereocenters. The molecule has 2 fully saturated rings. The lowest BCUT2D eigenvalue weighted by atomic mass is 10.1. The number of hydrogen-bond acceptors (Lipinski definition) is 4. The normalized spacial score (nSPS) is 56.5. The summed E-state index contributed by atoms with van der Waals surface area (Å²) in [5.41, 5.74) is 0. The Balaban J connectivity index is 2.17. The highest BCUT2D eigenvalue weighted by Gasteiger charge is 2.56. The number of alkyl halides is 1. The van der Waals surface area contributed by atoms with Crippen LogP contribution in [0.25, 0.3) is 0 Å². The van der Waals surface area contributed by atoms with Gasteiger partial charge in [-0.1, -0.05) is 0 Å². The van der Waals surface area contributed by atoms with Gasteiger partial charge in [-0.2, -0.15) is 0 Å². The molecule has 2 heterocycles. The maximum atomic E-state index is 12.9. The zero-order valence-electron chi connectivity index (χ0n) is 5.74. The van der Waals surface area contributed by atoms with E-state index in [2.05, 4.69) is 0 Å². The molecule has 0 aromatic carbocycles. The molecule has 2 saturated heterocycles. The molecule has 5 heteroatoms. The van der Waals surface area contributed by atoms with Crippen LogP contribution < -0.4 is 0 Å². The van der Waals surface area contributed by atoms with Crippen LogP contribution >= 0.6 is 0 Å². The minimum atomic E-state index is -2.43. The molecular weight excluding hydrogens is 155 g/mol. The van der Waals surface area contributed by atoms with Crippen molar-refractivity contribution in [2.75, 3.05) is 13.2 Å². The van der Waals surface area contributed by atoms with E-state index in [9.17, 15) is 4.39 Å². The molecule has 0 saturated carbocycles. The Morgan fingerprint density at radius 3 is 2.82 bits per heavy atom. The lowest BCUT2D eigenvalue weighted by Gasteiger charge is -2.16. The van der Waals surface area contributed by atoms with E-state index < -0.39 is 30.8 Å². The number of rotatable bonds is 0. The summed E-state index contributed by atoms with van der Waals surface area (Å²) in [7, 11) is 0. The van der Waals surface area contributed by atoms with Gasteiger partial charge in [0, 0.05) is 0 Å². The molecule has 0 unspecified atom stereocenters. The molecule has 2 aliphatic heterocycles. The fourth-order valence-electron chi connectivity index (χ4n) is 1.47. The fourth-order valence-corrected chi connectivity index (χ4v) is 1.47. The Hall–Kier alpha value is -0.230. The first-order valence-electron chi connectivity index (χ1n) is 3.44. The van der Waals surface area contributed by atoms with Gasteiger partial charge < -0.3 is 19.7 Å². The molecule has 0 amide bonds. The molecule has 11 heavy (non-hydrogen) atoms. The third-order valence-electron chi connectivity index (χ3n) is 2.04. The number of hydrogen-bond donors (Lipinski definition) is 2. The van der Waals surface area contributed by atoms with Crippen LogP contribution in [0, 0.1) is 0 Å². The Morgan fingerprint density at radius 2 is 2.18 bits per heavy atom. The highest BCUT2D eigenvalue weighted by Crippen LogP contribution is 2.34. The van der Waals surface area contributed by atoms with E-state index >= 15 is 0 Å². The first-order chi connectivity index (χ1) is 5.11. The van der Waals surface area contributed by atoms with E-state index in [0.29, 0.717) is 0 Å². The second-order valence-corrected chi connectivity index (χ2v) is 2.92. The molecule has 0 radical (unpaired) electrons. The molecule has 64 valence electrons. The molecule has 2 rings (SSSR count). The minimum Gasteiger partial charge on any atom is -0.388 e. The van der Waals surface area contributed by atoms with E-state index in [0.717, 1.165) is 0 Å². The highest BCUT2D eigenvalue weighted by molar-refractivity contribution is 4.98. The third kappa shape index (κ3) is 0.961. The van der Waals surface area contributed by atoms with Gasteiger partial charge in [0.2, 0.25) is 0 Å². The summed E-state index contributed by atoms with van der Waals surface area (Å²) in [6, 6.07) is 0. The maximum absolute atomic E-state index is 12.9. The highest BCUT2D eigenvalue weighted by atomic mass is 19.2. The van der Waals surface area contributed by atoms with Gasteiger partial charge in [0.15, 0.2) is 0 Å². The lowest BCUT2D eigenvalue weighted by Crippen LogP contribution is -2.39. The molecule has 0 bridgehead atoms. The summed E-state index contributed by atoms with van der Waals surface area (Å²) in [6.45, 7) is -0.388. The van der Waals surface area contributed by atoms with Gasteiger partial charge in [-0.15, -0.1) is 0 Å². The molecular formula is C6H9FO4. The van der Waals surface area contributed by atoms with Crippen LogP contribution in [0.5, 0.6) is 0 Å². The lowest BCUT2D eigenvalue weighted by molar-refractivity contribution is -0.156. The van der Waals surface area contributed by atoms with Gasteiger partial charge in [0.05, 0.1) is 6.61 Å². The Morgan fingerprint density at radius 1 is 1.45 bits per heavy atom.